The summed E-state index contributed by atoms with van der Waals surface area (Å²) >= 11 is 1.06. The lowest BCUT2D eigenvalue weighted by Crippen LogP contribution is -2.08. The number of fused-ring (bicyclic) bond motifs is 1. The summed E-state index contributed by atoms with van der Waals surface area (Å²) in [5.74, 6) is 0.00405. The first-order valence-corrected chi connectivity index (χ1v) is 5.58. The number of hydrogen-bond acceptors (Lipinski definition) is 6. The second-order valence-corrected chi connectivity index (χ2v) is 4.14. The van der Waals surface area contributed by atoms with E-state index in [9.17, 15) is 4.79 Å². The summed E-state index contributed by atoms with van der Waals surface area (Å²) in [7, 11) is 1.65. The van der Waals surface area contributed by atoms with E-state index in [2.05, 4.69) is 8.75 Å². The molecule has 1 aromatic carbocycles. The fourth-order valence-electron chi connectivity index (χ4n) is 1.67. The molecule has 0 saturated heterocycles. The zero-order valence-corrected chi connectivity index (χ0v) is 9.69. The first-order valence-electron chi connectivity index (χ1n) is 4.85. The van der Waals surface area contributed by atoms with Crippen LogP contribution in [0.1, 0.15) is 0 Å². The maximum atomic E-state index is 11.3. The molecule has 0 bridgehead atoms. The fourth-order valence-corrected chi connectivity index (χ4v) is 2.17. The Balaban J connectivity index is 2.30. The van der Waals surface area contributed by atoms with Crippen molar-refractivity contribution in [2.45, 2.75) is 0 Å². The van der Waals surface area contributed by atoms with Crippen LogP contribution in [0, 0.1) is 0 Å². The van der Waals surface area contributed by atoms with Gasteiger partial charge in [0.25, 0.3) is 0 Å². The van der Waals surface area contributed by atoms with Crippen LogP contribution in [0.4, 0.5) is 5.82 Å². The molecule has 0 spiro atoms. The van der Waals surface area contributed by atoms with Crippen molar-refractivity contribution in [1.82, 2.24) is 13.3 Å². The molecular formula is C10H8N4O2S. The highest BCUT2D eigenvalue weighted by Gasteiger charge is 2.11. The topological polar surface area (TPSA) is 86.9 Å². The van der Waals surface area contributed by atoms with Gasteiger partial charge in [-0.25, -0.2) is 4.79 Å². The lowest BCUT2D eigenvalue weighted by molar-refractivity contribution is 0.528. The molecule has 0 amide bonds. The third kappa shape index (κ3) is 1.43. The monoisotopic (exact) mass is 248 g/mol. The van der Waals surface area contributed by atoms with Gasteiger partial charge in [-0.05, 0) is 18.2 Å². The number of aromatic nitrogens is 3. The van der Waals surface area contributed by atoms with Crippen molar-refractivity contribution in [1.29, 1.82) is 0 Å². The van der Waals surface area contributed by atoms with Crippen molar-refractivity contribution in [2.24, 2.45) is 7.05 Å². The molecule has 3 aromatic rings. The first kappa shape index (κ1) is 10.0. The van der Waals surface area contributed by atoms with Crippen LogP contribution >= 0.6 is 11.7 Å². The standard InChI is InChI=1S/C10H8N4O2S/c1-14-6-4-5(8-9(11)13-17-12-8)2-3-7(6)16-10(14)15/h2-4H,1H3,(H2,11,13). The van der Waals surface area contributed by atoms with Crippen molar-refractivity contribution < 1.29 is 4.42 Å². The van der Waals surface area contributed by atoms with Crippen LogP contribution < -0.4 is 11.5 Å². The maximum absolute atomic E-state index is 11.3. The van der Waals surface area contributed by atoms with Crippen molar-refractivity contribution in [2.75, 3.05) is 5.73 Å². The number of nitrogen functional groups attached to an aromatic ring is 1. The summed E-state index contributed by atoms with van der Waals surface area (Å²) in [5.41, 5.74) is 8.41. The molecule has 3 rings (SSSR count). The van der Waals surface area contributed by atoms with Crippen molar-refractivity contribution in [3.05, 3.63) is 28.7 Å². The van der Waals surface area contributed by atoms with Gasteiger partial charge in [0.05, 0.1) is 17.2 Å². The SMILES string of the molecule is Cn1c(=O)oc2ccc(-c3nsnc3N)cc21. The van der Waals surface area contributed by atoms with Crippen LogP contribution in [-0.2, 0) is 7.05 Å². The van der Waals surface area contributed by atoms with Gasteiger partial charge in [0.2, 0.25) is 0 Å². The molecule has 2 heterocycles. The number of anilines is 1. The fraction of sp³-hybridized carbons (Fsp3) is 0.100. The van der Waals surface area contributed by atoms with Gasteiger partial charge in [0, 0.05) is 12.6 Å². The summed E-state index contributed by atoms with van der Waals surface area (Å²) in [6.45, 7) is 0. The van der Waals surface area contributed by atoms with Crippen molar-refractivity contribution >= 4 is 28.6 Å². The van der Waals surface area contributed by atoms with E-state index >= 15 is 0 Å². The average Bonchev–Trinajstić information content (AvgIpc) is 2.85. The van der Waals surface area contributed by atoms with E-state index in [1.54, 1.807) is 19.2 Å². The number of aryl methyl sites for hydroxylation is 1. The lowest BCUT2D eigenvalue weighted by atomic mass is 10.1. The molecule has 0 unspecified atom stereocenters. The Morgan fingerprint density at radius 1 is 1.41 bits per heavy atom. The molecule has 0 saturated carbocycles. The van der Waals surface area contributed by atoms with Gasteiger partial charge in [-0.3, -0.25) is 4.57 Å². The van der Waals surface area contributed by atoms with Crippen LogP contribution in [0.3, 0.4) is 0 Å². The Morgan fingerprint density at radius 2 is 2.24 bits per heavy atom. The van der Waals surface area contributed by atoms with Gasteiger partial charge in [-0.1, -0.05) is 0 Å². The second kappa shape index (κ2) is 3.42. The third-order valence-electron chi connectivity index (χ3n) is 2.58. The highest BCUT2D eigenvalue weighted by molar-refractivity contribution is 6.99. The maximum Gasteiger partial charge on any atom is 0.419 e. The van der Waals surface area contributed by atoms with Gasteiger partial charge < -0.3 is 10.2 Å². The van der Waals surface area contributed by atoms with Gasteiger partial charge in [0.15, 0.2) is 11.4 Å². The summed E-state index contributed by atoms with van der Waals surface area (Å²) < 4.78 is 14.5. The zero-order chi connectivity index (χ0) is 12.0. The van der Waals surface area contributed by atoms with Crippen LogP contribution in [-0.4, -0.2) is 13.3 Å². The molecule has 2 N–H and O–H groups in total. The molecule has 0 radical (unpaired) electrons. The molecule has 86 valence electrons. The van der Waals surface area contributed by atoms with E-state index in [0.29, 0.717) is 22.6 Å². The van der Waals surface area contributed by atoms with E-state index in [1.165, 1.54) is 4.57 Å². The normalized spacial score (nSPS) is 11.1. The largest absolute Gasteiger partial charge is 0.419 e. The Labute approximate surface area is 99.6 Å². The van der Waals surface area contributed by atoms with Crippen LogP contribution in [0.25, 0.3) is 22.4 Å². The minimum Gasteiger partial charge on any atom is -0.408 e. The smallest absolute Gasteiger partial charge is 0.408 e. The molecule has 0 fully saturated rings. The average molecular weight is 248 g/mol. The number of hydrogen-bond donors (Lipinski definition) is 1. The van der Waals surface area contributed by atoms with Gasteiger partial charge >= 0.3 is 5.76 Å². The molecule has 0 aliphatic rings. The molecule has 2 aromatic heterocycles. The minimum absolute atomic E-state index is 0.387. The van der Waals surface area contributed by atoms with Gasteiger partial charge in [-0.2, -0.15) is 8.75 Å². The predicted octanol–water partition coefficient (Wildman–Crippen LogP) is 1.23. The van der Waals surface area contributed by atoms with E-state index in [1.807, 2.05) is 6.07 Å². The summed E-state index contributed by atoms with van der Waals surface area (Å²) in [6.07, 6.45) is 0. The summed E-state index contributed by atoms with van der Waals surface area (Å²) in [5, 5.41) is 0. The Kier molecular flexibility index (Phi) is 2.02. The number of oxazole rings is 1. The van der Waals surface area contributed by atoms with Crippen LogP contribution in [0.15, 0.2) is 27.4 Å². The third-order valence-corrected chi connectivity index (χ3v) is 3.12. The number of benzene rings is 1. The molecule has 7 heteroatoms. The Hall–Kier alpha value is -2.15. The molecule has 6 nitrogen and oxygen atoms in total. The van der Waals surface area contributed by atoms with Gasteiger partial charge in [0.1, 0.15) is 5.69 Å². The minimum atomic E-state index is -0.387. The molecule has 17 heavy (non-hydrogen) atoms. The van der Waals surface area contributed by atoms with E-state index in [-0.39, 0.29) is 5.76 Å². The highest BCUT2D eigenvalue weighted by atomic mass is 32.1. The summed E-state index contributed by atoms with van der Waals surface area (Å²) in [6, 6.07) is 5.34. The first-order chi connectivity index (χ1) is 8.16. The summed E-state index contributed by atoms with van der Waals surface area (Å²) in [4.78, 5) is 11.3. The molecular weight excluding hydrogens is 240 g/mol. The van der Waals surface area contributed by atoms with Crippen molar-refractivity contribution in [3.8, 4) is 11.3 Å². The quantitative estimate of drug-likeness (QED) is 0.700. The highest BCUT2D eigenvalue weighted by Crippen LogP contribution is 2.26. The van der Waals surface area contributed by atoms with E-state index in [0.717, 1.165) is 17.3 Å². The lowest BCUT2D eigenvalue weighted by Gasteiger charge is -1.98. The van der Waals surface area contributed by atoms with Crippen LogP contribution in [0.2, 0.25) is 0 Å². The van der Waals surface area contributed by atoms with Crippen LogP contribution in [0.5, 0.6) is 0 Å². The Morgan fingerprint density at radius 3 is 2.94 bits per heavy atom. The molecule has 0 aliphatic heterocycles. The Bertz CT molecular complexity index is 755. The van der Waals surface area contributed by atoms with Gasteiger partial charge in [-0.15, -0.1) is 0 Å². The zero-order valence-electron chi connectivity index (χ0n) is 8.88. The van der Waals surface area contributed by atoms with E-state index < -0.39 is 0 Å². The molecule has 0 aliphatic carbocycles. The second-order valence-electron chi connectivity index (χ2n) is 3.61. The van der Waals surface area contributed by atoms with Crippen molar-refractivity contribution in [3.63, 3.8) is 0 Å². The predicted molar refractivity (Wildman–Crippen MR) is 64.8 cm³/mol. The van der Waals surface area contributed by atoms with E-state index in [4.69, 9.17) is 10.2 Å². The molecule has 0 atom stereocenters. The number of rotatable bonds is 1. The number of nitrogens with two attached hydrogens (primary N) is 1. The number of nitrogens with zero attached hydrogens (tertiary/aromatic N) is 3.